The fraction of sp³-hybridized carbons (Fsp3) is 0.208. The molecule has 0 unspecified atom stereocenters. The number of carbonyl (C=O) groups excluding carboxylic acids is 1. The first kappa shape index (κ1) is 20.3. The van der Waals surface area contributed by atoms with E-state index in [9.17, 15) is 9.59 Å². The number of anilines is 1. The smallest absolute Gasteiger partial charge is 0.296 e. The van der Waals surface area contributed by atoms with Crippen LogP contribution >= 0.6 is 11.6 Å². The van der Waals surface area contributed by atoms with E-state index in [-0.39, 0.29) is 16.8 Å². The highest BCUT2D eigenvalue weighted by molar-refractivity contribution is 6.32. The van der Waals surface area contributed by atoms with Gasteiger partial charge in [-0.15, -0.1) is 0 Å². The summed E-state index contributed by atoms with van der Waals surface area (Å²) < 4.78 is 16.8. The average Bonchev–Trinajstić information content (AvgIpc) is 3.31. The zero-order chi connectivity index (χ0) is 22.6. The lowest BCUT2D eigenvalue weighted by atomic mass is 9.98. The van der Waals surface area contributed by atoms with Crippen LogP contribution in [0.1, 0.15) is 46.0 Å². The van der Waals surface area contributed by atoms with Gasteiger partial charge < -0.3 is 13.7 Å². The van der Waals surface area contributed by atoms with Crippen molar-refractivity contribution in [2.45, 2.75) is 26.8 Å². The van der Waals surface area contributed by atoms with E-state index in [0.29, 0.717) is 45.5 Å². The van der Waals surface area contributed by atoms with E-state index in [0.717, 1.165) is 5.56 Å². The number of amides is 1. The van der Waals surface area contributed by atoms with Gasteiger partial charge >= 0.3 is 0 Å². The van der Waals surface area contributed by atoms with Gasteiger partial charge in [0, 0.05) is 11.1 Å². The molecule has 0 saturated carbocycles. The van der Waals surface area contributed by atoms with E-state index in [1.54, 1.807) is 25.1 Å². The summed E-state index contributed by atoms with van der Waals surface area (Å²) >= 11 is 6.28. The minimum absolute atomic E-state index is 0.0170. The normalized spacial score (nSPS) is 15.4. The van der Waals surface area contributed by atoms with Crippen molar-refractivity contribution in [1.29, 1.82) is 0 Å². The van der Waals surface area contributed by atoms with Gasteiger partial charge in [0.25, 0.3) is 5.91 Å². The van der Waals surface area contributed by atoms with Gasteiger partial charge in [-0.1, -0.05) is 28.9 Å². The third-order valence-electron chi connectivity index (χ3n) is 5.50. The van der Waals surface area contributed by atoms with Crippen LogP contribution in [0.5, 0.6) is 5.75 Å². The predicted molar refractivity (Wildman–Crippen MR) is 120 cm³/mol. The summed E-state index contributed by atoms with van der Waals surface area (Å²) in [5, 5.41) is 4.80. The summed E-state index contributed by atoms with van der Waals surface area (Å²) in [6.45, 7) is 5.92. The second kappa shape index (κ2) is 7.53. The number of aryl methyl sites for hydroxylation is 2. The van der Waals surface area contributed by atoms with E-state index < -0.39 is 11.9 Å². The number of ether oxygens (including phenoxy) is 1. The molecular formula is C24H19ClN2O5. The van der Waals surface area contributed by atoms with Gasteiger partial charge in [0.05, 0.1) is 23.6 Å². The molecule has 0 radical (unpaired) electrons. The van der Waals surface area contributed by atoms with Gasteiger partial charge in [0.15, 0.2) is 11.2 Å². The van der Waals surface area contributed by atoms with E-state index in [2.05, 4.69) is 5.16 Å². The van der Waals surface area contributed by atoms with Gasteiger partial charge in [-0.2, -0.15) is 0 Å². The van der Waals surface area contributed by atoms with Crippen molar-refractivity contribution in [2.24, 2.45) is 0 Å². The second-order valence-electron chi connectivity index (χ2n) is 7.65. The Hall–Kier alpha value is -3.58. The number of nitrogens with zero attached hydrogens (tertiary/aromatic N) is 2. The van der Waals surface area contributed by atoms with Crippen molar-refractivity contribution < 1.29 is 18.5 Å². The van der Waals surface area contributed by atoms with Crippen LogP contribution in [-0.2, 0) is 0 Å². The Balaban J connectivity index is 1.80. The van der Waals surface area contributed by atoms with Crippen LogP contribution in [0, 0.1) is 13.8 Å². The summed E-state index contributed by atoms with van der Waals surface area (Å²) in [7, 11) is 0. The summed E-state index contributed by atoms with van der Waals surface area (Å²) in [5.41, 5.74) is 1.66. The van der Waals surface area contributed by atoms with Gasteiger partial charge in [-0.05, 0) is 56.2 Å². The average molecular weight is 451 g/mol. The maximum absolute atomic E-state index is 13.6. The molecule has 1 aliphatic heterocycles. The molecule has 0 bridgehead atoms. The number of aromatic nitrogens is 1. The van der Waals surface area contributed by atoms with Crippen molar-refractivity contribution in [3.8, 4) is 5.75 Å². The Labute approximate surface area is 188 Å². The Morgan fingerprint density at radius 2 is 1.97 bits per heavy atom. The number of carbonyl (C=O) groups is 1. The first-order valence-electron chi connectivity index (χ1n) is 10.2. The molecule has 1 aliphatic rings. The molecule has 0 N–H and O–H groups in total. The minimum Gasteiger partial charge on any atom is -0.494 e. The summed E-state index contributed by atoms with van der Waals surface area (Å²) in [5.74, 6) is 0.982. The number of benzene rings is 2. The van der Waals surface area contributed by atoms with Crippen molar-refractivity contribution in [1.82, 2.24) is 5.16 Å². The molecule has 2 aromatic heterocycles. The van der Waals surface area contributed by atoms with Crippen molar-refractivity contribution in [3.05, 3.63) is 85.9 Å². The molecule has 8 heteroatoms. The largest absolute Gasteiger partial charge is 0.494 e. The lowest BCUT2D eigenvalue weighted by Crippen LogP contribution is -2.29. The van der Waals surface area contributed by atoms with Gasteiger partial charge in [-0.25, -0.2) is 0 Å². The molecule has 0 aliphatic carbocycles. The summed E-state index contributed by atoms with van der Waals surface area (Å²) in [6, 6.07) is 11.4. The molecule has 32 heavy (non-hydrogen) atoms. The third-order valence-corrected chi connectivity index (χ3v) is 5.91. The molecule has 0 saturated heterocycles. The fourth-order valence-electron chi connectivity index (χ4n) is 4.05. The molecule has 5 rings (SSSR count). The van der Waals surface area contributed by atoms with E-state index in [4.69, 9.17) is 25.3 Å². The van der Waals surface area contributed by atoms with Crippen LogP contribution in [0.2, 0.25) is 5.02 Å². The Morgan fingerprint density at radius 1 is 1.16 bits per heavy atom. The maximum Gasteiger partial charge on any atom is 0.296 e. The monoisotopic (exact) mass is 450 g/mol. The molecule has 162 valence electrons. The molecule has 2 aromatic carbocycles. The highest BCUT2D eigenvalue weighted by Crippen LogP contribution is 2.42. The summed E-state index contributed by atoms with van der Waals surface area (Å²) in [4.78, 5) is 28.6. The van der Waals surface area contributed by atoms with Gasteiger partial charge in [0.1, 0.15) is 17.1 Å². The first-order valence-corrected chi connectivity index (χ1v) is 10.5. The standard InChI is InChI=1S/C24H19ClN2O5/c1-4-30-15-7-5-6-14(10-15)21-20-22(28)16-11-17(25)12(2)8-18(16)31-23(20)24(29)27(21)19-9-13(3)32-26-19/h5-11,21H,4H2,1-3H3/t21-/m0/s1. The van der Waals surface area contributed by atoms with E-state index in [1.165, 1.54) is 4.90 Å². The van der Waals surface area contributed by atoms with E-state index in [1.807, 2.05) is 38.1 Å². The zero-order valence-electron chi connectivity index (χ0n) is 17.6. The molecule has 0 fully saturated rings. The highest BCUT2D eigenvalue weighted by atomic mass is 35.5. The maximum atomic E-state index is 13.6. The fourth-order valence-corrected chi connectivity index (χ4v) is 4.22. The van der Waals surface area contributed by atoms with Crippen molar-refractivity contribution >= 4 is 34.3 Å². The Bertz CT molecular complexity index is 1440. The lowest BCUT2D eigenvalue weighted by molar-refractivity contribution is 0.0969. The molecule has 0 spiro atoms. The second-order valence-corrected chi connectivity index (χ2v) is 8.06. The number of halogens is 1. The SMILES string of the molecule is CCOc1cccc([C@H]2c3c(oc4cc(C)c(Cl)cc4c3=O)C(=O)N2c2cc(C)on2)c1. The molecule has 4 aromatic rings. The van der Waals surface area contributed by atoms with Crippen LogP contribution in [-0.4, -0.2) is 17.7 Å². The topological polar surface area (TPSA) is 85.8 Å². The summed E-state index contributed by atoms with van der Waals surface area (Å²) in [6.07, 6.45) is 0. The predicted octanol–water partition coefficient (Wildman–Crippen LogP) is 5.20. The van der Waals surface area contributed by atoms with Crippen LogP contribution in [0.3, 0.4) is 0 Å². The molecule has 7 nitrogen and oxygen atoms in total. The Kier molecular flexibility index (Phi) is 4.78. The van der Waals surface area contributed by atoms with Crippen LogP contribution in [0.25, 0.3) is 11.0 Å². The van der Waals surface area contributed by atoms with Crippen molar-refractivity contribution in [3.63, 3.8) is 0 Å². The van der Waals surface area contributed by atoms with Gasteiger partial charge in [0.2, 0.25) is 5.76 Å². The lowest BCUT2D eigenvalue weighted by Gasteiger charge is -2.22. The zero-order valence-corrected chi connectivity index (χ0v) is 18.4. The number of rotatable bonds is 4. The van der Waals surface area contributed by atoms with Crippen LogP contribution < -0.4 is 15.1 Å². The molecular weight excluding hydrogens is 432 g/mol. The van der Waals surface area contributed by atoms with Crippen LogP contribution in [0.4, 0.5) is 5.82 Å². The quantitative estimate of drug-likeness (QED) is 0.424. The number of fused-ring (bicyclic) bond motifs is 2. The third kappa shape index (κ3) is 3.08. The minimum atomic E-state index is -0.761. The van der Waals surface area contributed by atoms with E-state index >= 15 is 0 Å². The van der Waals surface area contributed by atoms with Gasteiger partial charge in [-0.3, -0.25) is 14.5 Å². The highest BCUT2D eigenvalue weighted by Gasteiger charge is 2.45. The Morgan fingerprint density at radius 3 is 2.69 bits per heavy atom. The molecule has 1 atom stereocenters. The molecule has 3 heterocycles. The number of hydrogen-bond donors (Lipinski definition) is 0. The molecule has 1 amide bonds. The first-order chi connectivity index (χ1) is 15.4. The number of hydrogen-bond acceptors (Lipinski definition) is 6. The van der Waals surface area contributed by atoms with Crippen molar-refractivity contribution in [2.75, 3.05) is 11.5 Å². The van der Waals surface area contributed by atoms with Crippen LogP contribution in [0.15, 0.2) is 56.2 Å².